The van der Waals surface area contributed by atoms with Crippen LogP contribution in [0.4, 0.5) is 5.69 Å². The molecule has 0 radical (unpaired) electrons. The van der Waals surface area contributed by atoms with Crippen LogP contribution in [0.3, 0.4) is 0 Å². The molecule has 1 aromatic heterocycles. The van der Waals surface area contributed by atoms with Crippen LogP contribution in [0.25, 0.3) is 10.4 Å². The second-order valence-electron chi connectivity index (χ2n) is 14.2. The fourth-order valence-electron chi connectivity index (χ4n) is 4.78. The Kier molecular flexibility index (Phi) is 18.4. The maximum Gasteiger partial charge on any atom is 0.210 e. The normalized spacial score (nSPS) is 16.0. The van der Waals surface area contributed by atoms with Crippen LogP contribution in [0.15, 0.2) is 24.4 Å². The van der Waals surface area contributed by atoms with Gasteiger partial charge in [0.25, 0.3) is 0 Å². The van der Waals surface area contributed by atoms with Crippen LogP contribution < -0.4 is 14.3 Å². The summed E-state index contributed by atoms with van der Waals surface area (Å²) in [6, 6.07) is 5.88. The Morgan fingerprint density at radius 2 is 1.77 bits per heavy atom. The molecule has 0 amide bonds. The summed E-state index contributed by atoms with van der Waals surface area (Å²) < 4.78 is 5.25. The van der Waals surface area contributed by atoms with Gasteiger partial charge in [-0.1, -0.05) is 74.1 Å². The van der Waals surface area contributed by atoms with Gasteiger partial charge in [0, 0.05) is 24.6 Å². The van der Waals surface area contributed by atoms with E-state index in [9.17, 15) is 10.0 Å². The van der Waals surface area contributed by atoms with Gasteiger partial charge in [-0.3, -0.25) is 0 Å². The summed E-state index contributed by atoms with van der Waals surface area (Å²) in [5, 5.41) is 12.5. The number of rotatable bonds is 12. The number of hydrogen-bond donors (Lipinski definition) is 3. The fraction of sp³-hybridized carbons (Fsp3) is 0.722. The number of thiazole rings is 1. The number of thiol groups is 1. The molecule has 0 saturated heterocycles. The Morgan fingerprint density at radius 1 is 1.14 bits per heavy atom. The Morgan fingerprint density at radius 3 is 2.23 bits per heavy atom. The Bertz CT molecular complexity index is 1090. The lowest BCUT2D eigenvalue weighted by Crippen LogP contribution is -2.57. The third kappa shape index (κ3) is 15.7. The van der Waals surface area contributed by atoms with Crippen molar-refractivity contribution >= 4 is 35.6 Å². The van der Waals surface area contributed by atoms with E-state index in [1.165, 1.54) is 43.5 Å². The molecule has 1 aliphatic carbocycles. The second kappa shape index (κ2) is 19.9. The number of hydrogen-bond acceptors (Lipinski definition) is 7. The summed E-state index contributed by atoms with van der Waals surface area (Å²) >= 11 is 6.31. The molecule has 0 bridgehead atoms. The highest BCUT2D eigenvalue weighted by Gasteiger charge is 2.35. The number of carbonyl (C=O) groups excluding carboxylic acids is 1. The molecule has 2 unspecified atom stereocenters. The molecular formula is C36H64N3O3S2+. The summed E-state index contributed by atoms with van der Waals surface area (Å²) in [5.74, 6) is 3.93. The van der Waals surface area contributed by atoms with Crippen LogP contribution in [-0.4, -0.2) is 28.1 Å². The van der Waals surface area contributed by atoms with Crippen molar-refractivity contribution in [3.63, 3.8) is 0 Å². The van der Waals surface area contributed by atoms with Crippen molar-refractivity contribution in [2.45, 2.75) is 145 Å². The molecular weight excluding hydrogens is 587 g/mol. The number of nitrogens with zero attached hydrogens (tertiary/aromatic N) is 2. The molecule has 1 aromatic carbocycles. The molecule has 2 N–H and O–H groups in total. The molecule has 2 aromatic rings. The van der Waals surface area contributed by atoms with Crippen LogP contribution in [0.2, 0.25) is 0 Å². The monoisotopic (exact) mass is 650 g/mol. The maximum absolute atomic E-state index is 11.3. The minimum absolute atomic E-state index is 0.289. The average molecular weight is 651 g/mol. The first-order chi connectivity index (χ1) is 20.5. The van der Waals surface area contributed by atoms with E-state index in [1.807, 2.05) is 52.1 Å². The van der Waals surface area contributed by atoms with Crippen LogP contribution >= 0.6 is 24.2 Å². The predicted molar refractivity (Wildman–Crippen MR) is 194 cm³/mol. The fourth-order valence-corrected chi connectivity index (χ4v) is 6.37. The smallest absolute Gasteiger partial charge is 0.210 e. The molecule has 1 heterocycles. The zero-order chi connectivity index (χ0) is 33.5. The highest BCUT2D eigenvalue weighted by Crippen LogP contribution is 2.43. The van der Waals surface area contributed by atoms with Gasteiger partial charge in [-0.05, 0) is 87.4 Å². The van der Waals surface area contributed by atoms with E-state index in [-0.39, 0.29) is 11.3 Å². The molecule has 3 rings (SSSR count). The minimum Gasteiger partial charge on any atom is -0.493 e. The molecule has 252 valence electrons. The van der Waals surface area contributed by atoms with Crippen molar-refractivity contribution in [3.8, 4) is 16.2 Å². The zero-order valence-electron chi connectivity index (χ0n) is 29.7. The van der Waals surface area contributed by atoms with Gasteiger partial charge in [-0.25, -0.2) is 4.98 Å². The van der Waals surface area contributed by atoms with Crippen molar-refractivity contribution < 1.29 is 14.7 Å². The molecule has 1 aliphatic rings. The van der Waals surface area contributed by atoms with Gasteiger partial charge in [0.15, 0.2) is 0 Å². The van der Waals surface area contributed by atoms with E-state index < -0.39 is 4.16 Å². The van der Waals surface area contributed by atoms with Gasteiger partial charge in [0.2, 0.25) is 5.69 Å². The number of quaternary nitrogens is 1. The molecule has 1 saturated carbocycles. The van der Waals surface area contributed by atoms with Gasteiger partial charge in [0.1, 0.15) is 24.3 Å². The number of ketones is 1. The van der Waals surface area contributed by atoms with Crippen molar-refractivity contribution in [2.24, 2.45) is 17.8 Å². The standard InChI is InChI=1S/C24H38N3O2S2.C7H16.C5H10O/c1-17(2)13-14-29-19-11-12-20(21(15-19)27(28,30)26-24(3,4)5)22-16-25-23(31-22)18-9-7-6-8-10-18;1-5-7(4)6(2)3;1-3-4-5(2)6/h11-12,15-18,26,28,30H,6-10,13-14H2,1-5H3;6-7H,5H2,1-4H3;3-4H2,1-2H3/q+1;;. The van der Waals surface area contributed by atoms with Crippen LogP contribution in [-0.2, 0) is 4.79 Å². The van der Waals surface area contributed by atoms with Crippen molar-refractivity contribution in [3.05, 3.63) is 29.4 Å². The number of aromatic nitrogens is 1. The average Bonchev–Trinajstić information content (AvgIpc) is 3.42. The van der Waals surface area contributed by atoms with E-state index >= 15 is 0 Å². The summed E-state index contributed by atoms with van der Waals surface area (Å²) in [6.45, 7) is 23.7. The first-order valence-electron chi connectivity index (χ1n) is 16.9. The lowest BCUT2D eigenvalue weighted by atomic mass is 9.90. The predicted octanol–water partition coefficient (Wildman–Crippen LogP) is 11.2. The molecule has 2 atom stereocenters. The van der Waals surface area contributed by atoms with Crippen molar-refractivity contribution in [1.29, 1.82) is 0 Å². The van der Waals surface area contributed by atoms with E-state index in [0.717, 1.165) is 47.3 Å². The lowest BCUT2D eigenvalue weighted by Gasteiger charge is -2.31. The number of Topliss-reactive ketones (excluding diaryl/α,β-unsaturated/α-hetero) is 1. The van der Waals surface area contributed by atoms with Gasteiger partial charge in [-0.2, -0.15) is 5.21 Å². The number of ether oxygens (including phenoxy) is 1. The van der Waals surface area contributed by atoms with Crippen molar-refractivity contribution in [1.82, 2.24) is 14.6 Å². The van der Waals surface area contributed by atoms with E-state index in [0.29, 0.717) is 24.1 Å². The molecule has 44 heavy (non-hydrogen) atoms. The maximum atomic E-state index is 11.3. The van der Waals surface area contributed by atoms with Gasteiger partial charge < -0.3 is 9.53 Å². The second-order valence-corrected chi connectivity index (χ2v) is 15.8. The summed E-state index contributed by atoms with van der Waals surface area (Å²) in [5.41, 5.74) is 4.39. The van der Waals surface area contributed by atoms with E-state index in [1.54, 1.807) is 18.3 Å². The summed E-state index contributed by atoms with van der Waals surface area (Å²) in [4.78, 5) is 15.8. The molecule has 8 heteroatoms. The van der Waals surface area contributed by atoms with Crippen LogP contribution in [0.5, 0.6) is 5.75 Å². The number of benzene rings is 1. The van der Waals surface area contributed by atoms with E-state index in [4.69, 9.17) is 9.72 Å². The topological polar surface area (TPSA) is 71.5 Å². The molecule has 1 fully saturated rings. The first-order valence-corrected chi connectivity index (χ1v) is 18.1. The highest BCUT2D eigenvalue weighted by atomic mass is 32.1. The SMILES string of the molecule is CC(C)CCOc1ccc(-c2cnc(C3CCCCC3)s2)c([N+](O)(S)NC(C)(C)C)c1.CCC(C)C(C)C.CCCC(C)=O. The third-order valence-corrected chi connectivity index (χ3v) is 9.40. The minimum atomic E-state index is -0.725. The Labute approximate surface area is 279 Å². The Hall–Kier alpha value is -1.45. The van der Waals surface area contributed by atoms with Crippen molar-refractivity contribution in [2.75, 3.05) is 6.61 Å². The molecule has 6 nitrogen and oxygen atoms in total. The van der Waals surface area contributed by atoms with Gasteiger partial charge >= 0.3 is 0 Å². The van der Waals surface area contributed by atoms with E-state index in [2.05, 4.69) is 59.8 Å². The molecule has 0 spiro atoms. The van der Waals surface area contributed by atoms with Crippen LogP contribution in [0, 0.1) is 17.8 Å². The summed E-state index contributed by atoms with van der Waals surface area (Å²) in [7, 11) is 0. The quantitative estimate of drug-likeness (QED) is 0.121. The van der Waals surface area contributed by atoms with Gasteiger partial charge in [-0.15, -0.1) is 16.8 Å². The van der Waals surface area contributed by atoms with Crippen LogP contribution in [0.1, 0.15) is 145 Å². The Balaban J connectivity index is 0.000000623. The largest absolute Gasteiger partial charge is 0.493 e. The number of carbonyl (C=O) groups is 1. The number of nitrogens with one attached hydrogen (secondary N) is 1. The zero-order valence-corrected chi connectivity index (χ0v) is 31.4. The van der Waals surface area contributed by atoms with Gasteiger partial charge in [0.05, 0.1) is 27.6 Å². The third-order valence-electron chi connectivity index (χ3n) is 7.89. The lowest BCUT2D eigenvalue weighted by molar-refractivity contribution is -0.117. The molecule has 0 aliphatic heterocycles. The first kappa shape index (κ1) is 40.6. The highest BCUT2D eigenvalue weighted by molar-refractivity contribution is 7.79. The summed E-state index contributed by atoms with van der Waals surface area (Å²) in [6.07, 6.45) is 12.3.